The van der Waals surface area contributed by atoms with Crippen LogP contribution < -0.4 is 0 Å². The molecule has 0 radical (unpaired) electrons. The predicted molar refractivity (Wildman–Crippen MR) is 71.4 cm³/mol. The lowest BCUT2D eigenvalue weighted by atomic mass is 11.8. The second-order valence-corrected chi connectivity index (χ2v) is 22.0. The molecule has 1 nitrogen and oxygen atoms in total. The monoisotopic (exact) mass is 396 g/mol. The van der Waals surface area contributed by atoms with Crippen LogP contribution in [0.4, 0.5) is 0 Å². The first-order valence-corrected chi connectivity index (χ1v) is 12.4. The van der Waals surface area contributed by atoms with E-state index in [1.165, 1.54) is 0 Å². The molecule has 6 heteroatoms. The Bertz CT molecular complexity index is 159. The number of rotatable bonds is 2. The van der Waals surface area contributed by atoms with Gasteiger partial charge >= 0.3 is 0 Å². The fraction of sp³-hybridized carbons (Fsp3) is 1.00. The van der Waals surface area contributed by atoms with Crippen molar-refractivity contribution in [1.82, 2.24) is 0 Å². The summed E-state index contributed by atoms with van der Waals surface area (Å²) in [5.74, 6) is 0. The van der Waals surface area contributed by atoms with Crippen LogP contribution in [0.25, 0.3) is 0 Å². The largest absolute Gasteiger partial charge is 0.454 e. The van der Waals surface area contributed by atoms with E-state index < -0.39 is 16.6 Å². The normalized spacial score (nSPS) is 15.0. The molecule has 0 aliphatic heterocycles. The van der Waals surface area contributed by atoms with Crippen LogP contribution in [0.5, 0.6) is 0 Å². The fourth-order valence-corrected chi connectivity index (χ4v) is 9.60. The number of hydrogen-bond donors (Lipinski definition) is 0. The summed E-state index contributed by atoms with van der Waals surface area (Å²) in [6.07, 6.45) is 0. The first kappa shape index (κ1) is 13.8. The highest BCUT2D eigenvalue weighted by Gasteiger charge is 2.45. The molecule has 0 rings (SSSR count). The average Bonchev–Trinajstić information content (AvgIpc) is 1.52. The van der Waals surface area contributed by atoms with E-state index in [2.05, 4.69) is 80.5 Å². The lowest BCUT2D eigenvalue weighted by Crippen LogP contribution is -2.51. The Morgan fingerprint density at radius 2 is 1.25 bits per heavy atom. The topological polar surface area (TPSA) is 9.23 Å². The van der Waals surface area contributed by atoms with Crippen LogP contribution in [0.2, 0.25) is 32.7 Å². The summed E-state index contributed by atoms with van der Waals surface area (Å²) < 4.78 is 5.92. The third-order valence-corrected chi connectivity index (χ3v) is 15.7. The number of alkyl halides is 3. The molecule has 0 unspecified atom stereocenters. The highest BCUT2D eigenvalue weighted by atomic mass is 80.0. The Kier molecular flexibility index (Phi) is 4.77. The van der Waals surface area contributed by atoms with Gasteiger partial charge in [-0.15, -0.1) is 0 Å². The summed E-state index contributed by atoms with van der Waals surface area (Å²) in [5.41, 5.74) is 0. The van der Waals surface area contributed by atoms with Gasteiger partial charge in [-0.3, -0.25) is 0 Å². The zero-order chi connectivity index (χ0) is 10.2. The Morgan fingerprint density at radius 3 is 1.33 bits per heavy atom. The van der Waals surface area contributed by atoms with Gasteiger partial charge in [0.2, 0.25) is 8.32 Å². The summed E-state index contributed by atoms with van der Waals surface area (Å²) in [4.78, 5) is 0. The molecule has 12 heavy (non-hydrogen) atoms. The van der Waals surface area contributed by atoms with E-state index in [1.54, 1.807) is 0 Å². The van der Waals surface area contributed by atoms with Gasteiger partial charge in [-0.2, -0.15) is 0 Å². The van der Waals surface area contributed by atoms with Crippen LogP contribution in [-0.4, -0.2) is 18.4 Å². The van der Waals surface area contributed by atoms with E-state index in [0.29, 0.717) is 0 Å². The molecular formula is C6H15Br3OSi2. The predicted octanol–water partition coefficient (Wildman–Crippen LogP) is 4.42. The fourth-order valence-electron chi connectivity index (χ4n) is 0.823. The molecule has 74 valence electrons. The maximum Gasteiger partial charge on any atom is 0.214 e. The molecule has 0 N–H and O–H groups in total. The minimum absolute atomic E-state index is 0.208. The van der Waals surface area contributed by atoms with Crippen LogP contribution in [0.15, 0.2) is 0 Å². The van der Waals surface area contributed by atoms with Crippen molar-refractivity contribution in [3.63, 3.8) is 0 Å². The molecule has 0 aromatic carbocycles. The van der Waals surface area contributed by atoms with Crippen molar-refractivity contribution in [3.05, 3.63) is 0 Å². The van der Waals surface area contributed by atoms with Crippen molar-refractivity contribution in [1.29, 1.82) is 0 Å². The van der Waals surface area contributed by atoms with Gasteiger partial charge in [0.05, 0.1) is 0 Å². The van der Waals surface area contributed by atoms with Crippen molar-refractivity contribution in [2.45, 2.75) is 34.5 Å². The molecule has 0 aliphatic carbocycles. The van der Waals surface area contributed by atoms with Crippen LogP contribution in [0, 0.1) is 0 Å². The molecule has 0 saturated heterocycles. The van der Waals surface area contributed by atoms with Gasteiger partial charge in [0, 0.05) is 0 Å². The van der Waals surface area contributed by atoms with E-state index in [9.17, 15) is 0 Å². The zero-order valence-electron chi connectivity index (χ0n) is 8.04. The van der Waals surface area contributed by atoms with E-state index in [0.717, 1.165) is 0 Å². The Morgan fingerprint density at radius 1 is 0.917 bits per heavy atom. The number of halogens is 3. The smallest absolute Gasteiger partial charge is 0.214 e. The first-order chi connectivity index (χ1) is 4.96. The van der Waals surface area contributed by atoms with Crippen LogP contribution in [0.1, 0.15) is 0 Å². The maximum atomic E-state index is 6.13. The summed E-state index contributed by atoms with van der Waals surface area (Å²) >= 11 is 10.6. The van der Waals surface area contributed by atoms with E-state index in [4.69, 9.17) is 4.12 Å². The molecule has 0 spiro atoms. The highest BCUT2D eigenvalue weighted by molar-refractivity contribution is 9.40. The van der Waals surface area contributed by atoms with Gasteiger partial charge in [0.25, 0.3) is 0 Å². The first-order valence-electron chi connectivity index (χ1n) is 3.73. The van der Waals surface area contributed by atoms with Gasteiger partial charge in [-0.25, -0.2) is 0 Å². The molecule has 0 amide bonds. The van der Waals surface area contributed by atoms with Gasteiger partial charge in [0.1, 0.15) is 0 Å². The van der Waals surface area contributed by atoms with Crippen molar-refractivity contribution in [3.8, 4) is 0 Å². The third kappa shape index (κ3) is 4.90. The van der Waals surface area contributed by atoms with Crippen molar-refractivity contribution in [2.24, 2.45) is 0 Å². The van der Waals surface area contributed by atoms with E-state index in [1.807, 2.05) is 0 Å². The molecule has 0 bridgehead atoms. The molecule has 0 atom stereocenters. The van der Waals surface area contributed by atoms with E-state index in [-0.39, 0.29) is 1.77 Å². The standard InChI is InChI=1S/C6H15Br3OSi2/c1-11(2,3)10-12(4,5)6(7,8)9/h1-5H3. The molecule has 0 aliphatic rings. The zero-order valence-corrected chi connectivity index (χ0v) is 14.8. The average molecular weight is 399 g/mol. The van der Waals surface area contributed by atoms with Crippen LogP contribution >= 0.6 is 47.8 Å². The molecule has 0 aromatic heterocycles. The molecule has 0 fully saturated rings. The van der Waals surface area contributed by atoms with Gasteiger partial charge in [-0.05, 0) is 32.7 Å². The second-order valence-electron chi connectivity index (χ2n) is 4.22. The van der Waals surface area contributed by atoms with E-state index >= 15 is 0 Å². The van der Waals surface area contributed by atoms with Crippen LogP contribution in [0.3, 0.4) is 0 Å². The van der Waals surface area contributed by atoms with Gasteiger partial charge in [-0.1, -0.05) is 47.8 Å². The Hall–Kier alpha value is 1.83. The van der Waals surface area contributed by atoms with Gasteiger partial charge < -0.3 is 4.12 Å². The molecule has 0 heterocycles. The lowest BCUT2D eigenvalue weighted by molar-refractivity contribution is 0.554. The summed E-state index contributed by atoms with van der Waals surface area (Å²) in [6.45, 7) is 11.0. The molecule has 0 aromatic rings. The quantitative estimate of drug-likeness (QED) is 0.494. The lowest BCUT2D eigenvalue weighted by Gasteiger charge is -2.37. The van der Waals surface area contributed by atoms with Crippen molar-refractivity contribution >= 4 is 64.4 Å². The molecular weight excluding hydrogens is 384 g/mol. The van der Waals surface area contributed by atoms with Crippen molar-refractivity contribution in [2.75, 3.05) is 0 Å². The second kappa shape index (κ2) is 4.14. The minimum Gasteiger partial charge on any atom is -0.454 e. The Balaban J connectivity index is 4.44. The summed E-state index contributed by atoms with van der Waals surface area (Å²) in [5, 5.41) is 0. The Labute approximate surface area is 102 Å². The minimum atomic E-state index is -1.73. The summed E-state index contributed by atoms with van der Waals surface area (Å²) in [7, 11) is -3.16. The van der Waals surface area contributed by atoms with Crippen LogP contribution in [-0.2, 0) is 4.12 Å². The number of hydrogen-bond acceptors (Lipinski definition) is 1. The highest BCUT2D eigenvalue weighted by Crippen LogP contribution is 2.43. The van der Waals surface area contributed by atoms with Crippen molar-refractivity contribution < 1.29 is 4.12 Å². The summed E-state index contributed by atoms with van der Waals surface area (Å²) in [6, 6.07) is 0. The SMILES string of the molecule is C[Si](C)(C)O[Si](C)(C)C(Br)(Br)Br. The third-order valence-electron chi connectivity index (χ3n) is 1.24. The maximum absolute atomic E-state index is 6.13. The molecule has 0 saturated carbocycles. The van der Waals surface area contributed by atoms with Gasteiger partial charge in [0.15, 0.2) is 10.1 Å².